The molecule has 0 spiro atoms. The molecule has 2 aromatic heterocycles. The van der Waals surface area contributed by atoms with Crippen LogP contribution in [0.3, 0.4) is 0 Å². The number of nitrogens with zero attached hydrogens (tertiary/aromatic N) is 4. The Morgan fingerprint density at radius 3 is 3.03 bits per heavy atom. The third-order valence-corrected chi connectivity index (χ3v) is 6.79. The largest absolute Gasteiger partial charge is 0.325 e. The first-order valence-corrected chi connectivity index (χ1v) is 11.2. The summed E-state index contributed by atoms with van der Waals surface area (Å²) in [6, 6.07) is 10.1. The Hall–Kier alpha value is -2.51. The van der Waals surface area contributed by atoms with Crippen molar-refractivity contribution in [3.05, 3.63) is 52.0 Å². The van der Waals surface area contributed by atoms with Crippen LogP contribution in [0.15, 0.2) is 35.7 Å². The predicted molar refractivity (Wildman–Crippen MR) is 115 cm³/mol. The number of fused-ring (bicyclic) bond motifs is 2. The Morgan fingerprint density at radius 2 is 2.07 bits per heavy atom. The van der Waals surface area contributed by atoms with E-state index in [0.29, 0.717) is 6.54 Å². The van der Waals surface area contributed by atoms with Crippen molar-refractivity contribution in [2.45, 2.75) is 45.2 Å². The zero-order valence-corrected chi connectivity index (χ0v) is 17.2. The molecule has 150 valence electrons. The standard InChI is InChI=1S/C22H25N5OS/c28-21(15-26-11-8-19-17(14-26)9-12-29-19)23-18-6-4-5-16(13-18)22-25-24-20-7-2-1-3-10-27(20)22/h4-6,9,12-13H,1-3,7-8,10-11,14-15H2,(H,23,28). The highest BCUT2D eigenvalue weighted by Gasteiger charge is 2.20. The van der Waals surface area contributed by atoms with Crippen LogP contribution in [0.1, 0.15) is 35.5 Å². The average molecular weight is 408 g/mol. The number of aryl methyl sites for hydroxylation is 1. The fourth-order valence-corrected chi connectivity index (χ4v) is 5.17. The molecule has 0 saturated carbocycles. The van der Waals surface area contributed by atoms with Gasteiger partial charge in [0.1, 0.15) is 5.82 Å². The number of nitrogens with one attached hydrogen (secondary N) is 1. The lowest BCUT2D eigenvalue weighted by Gasteiger charge is -2.26. The molecule has 0 radical (unpaired) electrons. The lowest BCUT2D eigenvalue weighted by atomic mass is 10.1. The molecule has 0 unspecified atom stereocenters. The lowest BCUT2D eigenvalue weighted by molar-refractivity contribution is -0.117. The lowest BCUT2D eigenvalue weighted by Crippen LogP contribution is -2.36. The second-order valence-corrected chi connectivity index (χ2v) is 8.86. The summed E-state index contributed by atoms with van der Waals surface area (Å²) in [7, 11) is 0. The fourth-order valence-electron chi connectivity index (χ4n) is 4.28. The molecule has 0 bridgehead atoms. The second-order valence-electron chi connectivity index (χ2n) is 7.86. The summed E-state index contributed by atoms with van der Waals surface area (Å²) < 4.78 is 2.24. The highest BCUT2D eigenvalue weighted by Crippen LogP contribution is 2.26. The maximum Gasteiger partial charge on any atom is 0.238 e. The van der Waals surface area contributed by atoms with E-state index in [1.165, 1.54) is 23.3 Å². The van der Waals surface area contributed by atoms with Gasteiger partial charge in [0.2, 0.25) is 5.91 Å². The summed E-state index contributed by atoms with van der Waals surface area (Å²) in [5.74, 6) is 2.00. The molecule has 0 atom stereocenters. The molecule has 0 aliphatic carbocycles. The molecule has 6 nitrogen and oxygen atoms in total. The monoisotopic (exact) mass is 407 g/mol. The number of thiophene rings is 1. The van der Waals surface area contributed by atoms with Crippen LogP contribution < -0.4 is 5.32 Å². The van der Waals surface area contributed by atoms with Gasteiger partial charge in [0.15, 0.2) is 5.82 Å². The normalized spacial score (nSPS) is 16.7. The average Bonchev–Trinajstić information content (AvgIpc) is 3.28. The summed E-state index contributed by atoms with van der Waals surface area (Å²) in [5, 5.41) is 14.0. The first-order chi connectivity index (χ1) is 14.3. The summed E-state index contributed by atoms with van der Waals surface area (Å²) in [6.07, 6.45) is 5.61. The van der Waals surface area contributed by atoms with Gasteiger partial charge < -0.3 is 9.88 Å². The van der Waals surface area contributed by atoms with Gasteiger partial charge in [-0.15, -0.1) is 21.5 Å². The molecule has 0 fully saturated rings. The van der Waals surface area contributed by atoms with Gasteiger partial charge in [-0.05, 0) is 48.4 Å². The predicted octanol–water partition coefficient (Wildman–Crippen LogP) is 3.73. The fraction of sp³-hybridized carbons (Fsp3) is 0.409. The van der Waals surface area contributed by atoms with Crippen LogP contribution in [0.25, 0.3) is 11.4 Å². The number of rotatable bonds is 4. The second kappa shape index (κ2) is 8.08. The molecule has 5 rings (SSSR count). The Morgan fingerprint density at radius 1 is 1.10 bits per heavy atom. The van der Waals surface area contributed by atoms with Crippen LogP contribution in [0, 0.1) is 0 Å². The van der Waals surface area contributed by atoms with Crippen molar-refractivity contribution in [1.29, 1.82) is 0 Å². The van der Waals surface area contributed by atoms with Gasteiger partial charge in [-0.2, -0.15) is 0 Å². The highest BCUT2D eigenvalue weighted by atomic mass is 32.1. The molecule has 1 amide bonds. The van der Waals surface area contributed by atoms with Crippen LogP contribution in [-0.2, 0) is 30.7 Å². The van der Waals surface area contributed by atoms with Crippen molar-refractivity contribution >= 4 is 22.9 Å². The van der Waals surface area contributed by atoms with Crippen molar-refractivity contribution in [3.63, 3.8) is 0 Å². The van der Waals surface area contributed by atoms with Gasteiger partial charge in [0.25, 0.3) is 0 Å². The Kier molecular flexibility index (Phi) is 5.16. The maximum absolute atomic E-state index is 12.6. The van der Waals surface area contributed by atoms with Crippen LogP contribution in [0.4, 0.5) is 5.69 Å². The molecular formula is C22H25N5OS. The molecule has 2 aliphatic rings. The van der Waals surface area contributed by atoms with Crippen molar-refractivity contribution in [3.8, 4) is 11.4 Å². The summed E-state index contributed by atoms with van der Waals surface area (Å²) in [6.45, 7) is 3.18. The molecule has 1 N–H and O–H groups in total. The number of hydrogen-bond donors (Lipinski definition) is 1. The molecular weight excluding hydrogens is 382 g/mol. The smallest absolute Gasteiger partial charge is 0.238 e. The minimum Gasteiger partial charge on any atom is -0.325 e. The Labute approximate surface area is 174 Å². The summed E-state index contributed by atoms with van der Waals surface area (Å²) in [4.78, 5) is 16.3. The maximum atomic E-state index is 12.6. The van der Waals surface area contributed by atoms with Crippen molar-refractivity contribution in [1.82, 2.24) is 19.7 Å². The van der Waals surface area contributed by atoms with Crippen LogP contribution in [-0.4, -0.2) is 38.7 Å². The van der Waals surface area contributed by atoms with Crippen LogP contribution in [0.2, 0.25) is 0 Å². The minimum atomic E-state index is 0.0286. The third-order valence-electron chi connectivity index (χ3n) is 5.77. The van der Waals surface area contributed by atoms with E-state index >= 15 is 0 Å². The molecule has 0 saturated heterocycles. The SMILES string of the molecule is O=C(CN1CCc2sccc2C1)Nc1cccc(-c2nnc3n2CCCCC3)c1. The number of aromatic nitrogens is 3. The molecule has 2 aliphatic heterocycles. The van der Waals surface area contributed by atoms with Crippen LogP contribution >= 0.6 is 11.3 Å². The quantitative estimate of drug-likeness (QED) is 0.716. The van der Waals surface area contributed by atoms with E-state index in [1.54, 1.807) is 0 Å². The number of anilines is 1. The zero-order chi connectivity index (χ0) is 19.6. The van der Waals surface area contributed by atoms with Gasteiger partial charge >= 0.3 is 0 Å². The van der Waals surface area contributed by atoms with Gasteiger partial charge in [0, 0.05) is 42.2 Å². The van der Waals surface area contributed by atoms with E-state index in [-0.39, 0.29) is 5.91 Å². The van der Waals surface area contributed by atoms with Gasteiger partial charge in [-0.25, -0.2) is 0 Å². The zero-order valence-electron chi connectivity index (χ0n) is 16.4. The Balaban J connectivity index is 1.27. The number of amides is 1. The minimum absolute atomic E-state index is 0.0286. The number of hydrogen-bond acceptors (Lipinski definition) is 5. The van der Waals surface area contributed by atoms with Crippen LogP contribution in [0.5, 0.6) is 0 Å². The number of carbonyl (C=O) groups is 1. The molecule has 4 heterocycles. The molecule has 29 heavy (non-hydrogen) atoms. The summed E-state index contributed by atoms with van der Waals surface area (Å²) >= 11 is 1.82. The van der Waals surface area contributed by atoms with Gasteiger partial charge in [0.05, 0.1) is 6.54 Å². The molecule has 3 aromatic rings. The van der Waals surface area contributed by atoms with Gasteiger partial charge in [-0.1, -0.05) is 18.6 Å². The Bertz CT molecular complexity index is 1020. The first kappa shape index (κ1) is 18.5. The van der Waals surface area contributed by atoms with E-state index < -0.39 is 0 Å². The van der Waals surface area contributed by atoms with Crippen molar-refractivity contribution < 1.29 is 4.79 Å². The third kappa shape index (κ3) is 3.97. The van der Waals surface area contributed by atoms with E-state index in [0.717, 1.165) is 61.8 Å². The van der Waals surface area contributed by atoms with Crippen molar-refractivity contribution in [2.24, 2.45) is 0 Å². The van der Waals surface area contributed by atoms with Crippen molar-refractivity contribution in [2.75, 3.05) is 18.4 Å². The van der Waals surface area contributed by atoms with E-state index in [9.17, 15) is 4.79 Å². The van der Waals surface area contributed by atoms with E-state index in [4.69, 9.17) is 0 Å². The summed E-state index contributed by atoms with van der Waals surface area (Å²) in [5.41, 5.74) is 3.18. The van der Waals surface area contributed by atoms with E-state index in [2.05, 4.69) is 36.4 Å². The molecule has 7 heteroatoms. The first-order valence-electron chi connectivity index (χ1n) is 10.4. The molecule has 1 aromatic carbocycles. The highest BCUT2D eigenvalue weighted by molar-refractivity contribution is 7.10. The topological polar surface area (TPSA) is 63.1 Å². The number of benzene rings is 1. The van der Waals surface area contributed by atoms with E-state index in [1.807, 2.05) is 35.6 Å². The number of carbonyl (C=O) groups excluding carboxylic acids is 1. The van der Waals surface area contributed by atoms with Gasteiger partial charge in [-0.3, -0.25) is 9.69 Å².